The summed E-state index contributed by atoms with van der Waals surface area (Å²) in [4.78, 5) is 29.4. The molecule has 1 aliphatic heterocycles. The number of pyridine rings is 1. The highest BCUT2D eigenvalue weighted by Gasteiger charge is 2.40. The molecule has 1 amide bonds. The fourth-order valence-electron chi connectivity index (χ4n) is 4.04. The van der Waals surface area contributed by atoms with Gasteiger partial charge in [-0.2, -0.15) is 0 Å². The van der Waals surface area contributed by atoms with Crippen molar-refractivity contribution in [2.24, 2.45) is 0 Å². The van der Waals surface area contributed by atoms with E-state index in [1.807, 2.05) is 27.7 Å². The lowest BCUT2D eigenvalue weighted by molar-refractivity contribution is 0.0183. The van der Waals surface area contributed by atoms with Gasteiger partial charge in [0.2, 0.25) is 0 Å². The van der Waals surface area contributed by atoms with E-state index in [0.717, 1.165) is 16.7 Å². The number of carbonyl (C=O) groups is 2. The second kappa shape index (κ2) is 8.70. The van der Waals surface area contributed by atoms with Gasteiger partial charge in [-0.05, 0) is 68.7 Å². The van der Waals surface area contributed by atoms with Crippen molar-refractivity contribution in [3.05, 3.63) is 70.4 Å². The van der Waals surface area contributed by atoms with Gasteiger partial charge in [-0.1, -0.05) is 6.07 Å². The predicted octanol–water partition coefficient (Wildman–Crippen LogP) is 4.23. The molecule has 8 nitrogen and oxygen atoms in total. The normalized spacial score (nSPS) is 17.0. The number of amides is 1. The Morgan fingerprint density at radius 1 is 1.15 bits per heavy atom. The van der Waals surface area contributed by atoms with Gasteiger partial charge in [-0.25, -0.2) is 4.98 Å². The summed E-state index contributed by atoms with van der Waals surface area (Å²) in [5.41, 5.74) is 15.6. The molecular formula is C26H28N4O4. The monoisotopic (exact) mass is 460 g/mol. The maximum atomic E-state index is 13.0. The second-order valence-corrected chi connectivity index (χ2v) is 8.89. The third-order valence-electron chi connectivity index (χ3n) is 6.16. The number of hydrogen-bond acceptors (Lipinski definition) is 7. The Bertz CT molecular complexity index is 1290. The van der Waals surface area contributed by atoms with Crippen LogP contribution in [0, 0.1) is 20.8 Å². The smallest absolute Gasteiger partial charge is 0.257 e. The molecule has 3 aromatic rings. The molecule has 34 heavy (non-hydrogen) atoms. The van der Waals surface area contributed by atoms with Crippen LogP contribution in [0.5, 0.6) is 11.5 Å². The topological polar surface area (TPSA) is 130 Å². The van der Waals surface area contributed by atoms with Crippen LogP contribution in [0.25, 0.3) is 0 Å². The molecule has 4 rings (SSSR count). The molecule has 8 heteroatoms. The molecule has 2 aromatic carbocycles. The highest BCUT2D eigenvalue weighted by Crippen LogP contribution is 2.42. The number of nitrogens with zero attached hydrogens (tertiary/aromatic N) is 1. The molecule has 5 N–H and O–H groups in total. The molecule has 0 aliphatic carbocycles. The molecule has 0 saturated carbocycles. The maximum Gasteiger partial charge on any atom is 0.257 e. The first-order valence-corrected chi connectivity index (χ1v) is 10.9. The molecule has 0 saturated heterocycles. The lowest BCUT2D eigenvalue weighted by Crippen LogP contribution is -2.45. The van der Waals surface area contributed by atoms with Crippen LogP contribution in [0.15, 0.2) is 42.6 Å². The van der Waals surface area contributed by atoms with Crippen molar-refractivity contribution in [3.8, 4) is 11.5 Å². The van der Waals surface area contributed by atoms with Crippen LogP contribution >= 0.6 is 0 Å². The minimum atomic E-state index is -0.848. The molecule has 1 atom stereocenters. The number of nitrogen functional groups attached to an aromatic ring is 2. The standard InChI is InChI=1S/C26H28N4O4/c1-14-15(2)24-22(16(3)23(14)28)20(31)11-26(4,34-24)13-33-19-7-5-6-18(10-19)30-25(32)17-8-9-21(27)29-12-17/h5-10,12H,11,13,28H2,1-4H3,(H2,27,29)(H,30,32). The summed E-state index contributed by atoms with van der Waals surface area (Å²) in [6, 6.07) is 10.2. The number of hydrogen-bond donors (Lipinski definition) is 3. The van der Waals surface area contributed by atoms with Crippen molar-refractivity contribution in [2.45, 2.75) is 39.7 Å². The third kappa shape index (κ3) is 4.39. The summed E-state index contributed by atoms with van der Waals surface area (Å²) < 4.78 is 12.3. The molecule has 1 aromatic heterocycles. The number of benzene rings is 2. The van der Waals surface area contributed by atoms with Gasteiger partial charge in [0, 0.05) is 23.6 Å². The van der Waals surface area contributed by atoms with E-state index in [0.29, 0.717) is 39.8 Å². The van der Waals surface area contributed by atoms with Crippen LogP contribution in [-0.4, -0.2) is 28.9 Å². The van der Waals surface area contributed by atoms with E-state index in [1.54, 1.807) is 36.4 Å². The number of rotatable bonds is 5. The molecule has 2 heterocycles. The fourth-order valence-corrected chi connectivity index (χ4v) is 4.04. The Morgan fingerprint density at radius 2 is 1.91 bits per heavy atom. The van der Waals surface area contributed by atoms with Crippen LogP contribution in [0.1, 0.15) is 50.8 Å². The summed E-state index contributed by atoms with van der Waals surface area (Å²) in [5.74, 6) is 1.13. The van der Waals surface area contributed by atoms with E-state index in [9.17, 15) is 9.59 Å². The van der Waals surface area contributed by atoms with Crippen LogP contribution in [0.4, 0.5) is 17.2 Å². The van der Waals surface area contributed by atoms with Gasteiger partial charge in [0.25, 0.3) is 5.91 Å². The summed E-state index contributed by atoms with van der Waals surface area (Å²) in [6.07, 6.45) is 1.59. The number of fused-ring (bicyclic) bond motifs is 1. The van der Waals surface area contributed by atoms with Crippen LogP contribution < -0.4 is 26.3 Å². The number of nitrogens with one attached hydrogen (secondary N) is 1. The van der Waals surface area contributed by atoms with Gasteiger partial charge in [-0.15, -0.1) is 0 Å². The molecule has 0 bridgehead atoms. The number of carbonyl (C=O) groups excluding carboxylic acids is 2. The van der Waals surface area contributed by atoms with Gasteiger partial charge in [-0.3, -0.25) is 9.59 Å². The van der Waals surface area contributed by atoms with Crippen molar-refractivity contribution < 1.29 is 19.1 Å². The molecule has 0 spiro atoms. The SMILES string of the molecule is Cc1c(C)c2c(c(C)c1N)C(=O)CC(C)(COc1cccc(NC(=O)c3ccc(N)nc3)c1)O2. The van der Waals surface area contributed by atoms with Crippen LogP contribution in [0.3, 0.4) is 0 Å². The first-order valence-electron chi connectivity index (χ1n) is 10.9. The summed E-state index contributed by atoms with van der Waals surface area (Å²) in [7, 11) is 0. The minimum Gasteiger partial charge on any atom is -0.489 e. The van der Waals surface area contributed by atoms with Crippen molar-refractivity contribution >= 4 is 28.9 Å². The Kier molecular flexibility index (Phi) is 5.91. The van der Waals surface area contributed by atoms with Gasteiger partial charge < -0.3 is 26.3 Å². The second-order valence-electron chi connectivity index (χ2n) is 8.89. The average Bonchev–Trinajstić information content (AvgIpc) is 2.80. The first-order chi connectivity index (χ1) is 16.1. The summed E-state index contributed by atoms with van der Waals surface area (Å²) >= 11 is 0. The molecule has 1 unspecified atom stereocenters. The number of aromatic nitrogens is 1. The van der Waals surface area contributed by atoms with Gasteiger partial charge in [0.05, 0.1) is 17.5 Å². The number of Topliss-reactive ketones (excluding diaryl/α,β-unsaturated/α-hetero) is 1. The van der Waals surface area contributed by atoms with Crippen molar-refractivity contribution in [3.63, 3.8) is 0 Å². The molecular weight excluding hydrogens is 432 g/mol. The quantitative estimate of drug-likeness (QED) is 0.486. The molecule has 176 valence electrons. The zero-order chi connectivity index (χ0) is 24.6. The molecule has 0 radical (unpaired) electrons. The number of anilines is 3. The summed E-state index contributed by atoms with van der Waals surface area (Å²) in [5, 5.41) is 2.81. The fraction of sp³-hybridized carbons (Fsp3) is 0.269. The highest BCUT2D eigenvalue weighted by atomic mass is 16.5. The number of ketones is 1. The number of nitrogens with two attached hydrogens (primary N) is 2. The largest absolute Gasteiger partial charge is 0.489 e. The zero-order valence-corrected chi connectivity index (χ0v) is 19.7. The summed E-state index contributed by atoms with van der Waals surface area (Å²) in [6.45, 7) is 7.69. The maximum absolute atomic E-state index is 13.0. The first kappa shape index (κ1) is 23.1. The van der Waals surface area contributed by atoms with Crippen molar-refractivity contribution in [1.29, 1.82) is 0 Å². The molecule has 1 aliphatic rings. The van der Waals surface area contributed by atoms with Gasteiger partial charge in [0.1, 0.15) is 29.5 Å². The van der Waals surface area contributed by atoms with Crippen LogP contribution in [0.2, 0.25) is 0 Å². The highest BCUT2D eigenvalue weighted by molar-refractivity contribution is 6.04. The Balaban J connectivity index is 1.48. The van der Waals surface area contributed by atoms with E-state index in [1.165, 1.54) is 6.20 Å². The van der Waals surface area contributed by atoms with Crippen LogP contribution in [-0.2, 0) is 0 Å². The minimum absolute atomic E-state index is 0.0160. The predicted molar refractivity (Wildman–Crippen MR) is 132 cm³/mol. The van der Waals surface area contributed by atoms with E-state index in [4.69, 9.17) is 20.9 Å². The van der Waals surface area contributed by atoms with Gasteiger partial charge >= 0.3 is 0 Å². The van der Waals surface area contributed by atoms with Crippen molar-refractivity contribution in [2.75, 3.05) is 23.4 Å². The Morgan fingerprint density at radius 3 is 2.62 bits per heavy atom. The van der Waals surface area contributed by atoms with Crippen molar-refractivity contribution in [1.82, 2.24) is 4.98 Å². The molecule has 0 fully saturated rings. The lowest BCUT2D eigenvalue weighted by Gasteiger charge is -2.36. The third-order valence-corrected chi connectivity index (χ3v) is 6.16. The van der Waals surface area contributed by atoms with E-state index in [2.05, 4.69) is 10.3 Å². The average molecular weight is 461 g/mol. The Hall–Kier alpha value is -4.07. The van der Waals surface area contributed by atoms with Gasteiger partial charge in [0.15, 0.2) is 5.78 Å². The van der Waals surface area contributed by atoms with E-state index < -0.39 is 5.60 Å². The zero-order valence-electron chi connectivity index (χ0n) is 19.7. The van der Waals surface area contributed by atoms with E-state index >= 15 is 0 Å². The number of ether oxygens (including phenoxy) is 2. The van der Waals surface area contributed by atoms with E-state index in [-0.39, 0.29) is 24.7 Å². The lowest BCUT2D eigenvalue weighted by atomic mass is 9.86. The Labute approximate surface area is 198 Å².